The highest BCUT2D eigenvalue weighted by Gasteiger charge is 2.30. The largest absolute Gasteiger partial charge is 0.384 e. The average Bonchev–Trinajstić information content (AvgIpc) is 2.47. The molecule has 2 heterocycles. The van der Waals surface area contributed by atoms with E-state index in [1.807, 2.05) is 6.92 Å². The third-order valence-electron chi connectivity index (χ3n) is 3.83. The number of hydrogen-bond acceptors (Lipinski definition) is 5. The number of ether oxygens (including phenoxy) is 1. The Balaban J connectivity index is 2.11. The molecule has 0 aliphatic carbocycles. The van der Waals surface area contributed by atoms with Crippen molar-refractivity contribution >= 4 is 15.7 Å². The monoisotopic (exact) mass is 313 g/mol. The van der Waals surface area contributed by atoms with Crippen LogP contribution in [0.3, 0.4) is 0 Å². The molecule has 0 bridgehead atoms. The molecular weight excluding hydrogens is 290 g/mol. The first kappa shape index (κ1) is 16.2. The van der Waals surface area contributed by atoms with Crippen LogP contribution in [0.2, 0.25) is 0 Å². The quantitative estimate of drug-likeness (QED) is 0.834. The van der Waals surface area contributed by atoms with Gasteiger partial charge in [-0.2, -0.15) is 0 Å². The van der Waals surface area contributed by atoms with Crippen molar-refractivity contribution in [2.24, 2.45) is 5.41 Å². The van der Waals surface area contributed by atoms with Crippen LogP contribution in [0.25, 0.3) is 0 Å². The van der Waals surface area contributed by atoms with E-state index in [9.17, 15) is 8.42 Å². The molecule has 1 aromatic heterocycles. The molecule has 0 aromatic carbocycles. The summed E-state index contributed by atoms with van der Waals surface area (Å²) in [5, 5.41) is 3.05. The summed E-state index contributed by atoms with van der Waals surface area (Å²) in [4.78, 5) is 4.12. The Hall–Kier alpha value is -1.18. The molecule has 1 aromatic rings. The number of pyridine rings is 1. The van der Waals surface area contributed by atoms with E-state index in [0.717, 1.165) is 12.8 Å². The van der Waals surface area contributed by atoms with E-state index < -0.39 is 10.0 Å². The lowest BCUT2D eigenvalue weighted by Gasteiger charge is -2.33. The molecule has 0 atom stereocenters. The number of aromatic nitrogens is 1. The molecule has 2 N–H and O–H groups in total. The molecule has 0 unspecified atom stereocenters. The van der Waals surface area contributed by atoms with Crippen molar-refractivity contribution in [1.82, 2.24) is 9.71 Å². The Kier molecular flexibility index (Phi) is 5.18. The van der Waals surface area contributed by atoms with Crippen LogP contribution in [-0.2, 0) is 14.8 Å². The number of hydrogen-bond donors (Lipinski definition) is 2. The summed E-state index contributed by atoms with van der Waals surface area (Å²) in [7, 11) is -3.57. The van der Waals surface area contributed by atoms with Crippen molar-refractivity contribution in [3.8, 4) is 0 Å². The number of anilines is 1. The molecule has 0 amide bonds. The van der Waals surface area contributed by atoms with Crippen molar-refractivity contribution in [3.05, 3.63) is 18.5 Å². The second kappa shape index (κ2) is 6.72. The molecule has 6 nitrogen and oxygen atoms in total. The van der Waals surface area contributed by atoms with Crippen molar-refractivity contribution in [3.63, 3.8) is 0 Å². The van der Waals surface area contributed by atoms with E-state index in [4.69, 9.17) is 4.74 Å². The lowest BCUT2D eigenvalue weighted by molar-refractivity contribution is 0.0265. The van der Waals surface area contributed by atoms with Crippen LogP contribution in [0, 0.1) is 5.41 Å². The summed E-state index contributed by atoms with van der Waals surface area (Å²) >= 11 is 0. The van der Waals surface area contributed by atoms with Gasteiger partial charge in [-0.25, -0.2) is 13.1 Å². The summed E-state index contributed by atoms with van der Waals surface area (Å²) in [6.45, 7) is 6.46. The molecule has 1 aliphatic rings. The zero-order valence-electron chi connectivity index (χ0n) is 12.6. The van der Waals surface area contributed by atoms with Crippen molar-refractivity contribution in [2.45, 2.75) is 31.6 Å². The average molecular weight is 313 g/mol. The van der Waals surface area contributed by atoms with Crippen LogP contribution in [-0.4, -0.2) is 39.7 Å². The zero-order valence-corrected chi connectivity index (χ0v) is 13.4. The van der Waals surface area contributed by atoms with E-state index in [2.05, 4.69) is 21.9 Å². The summed E-state index contributed by atoms with van der Waals surface area (Å²) in [6, 6.07) is 1.67. The molecule has 0 spiro atoms. The topological polar surface area (TPSA) is 80.3 Å². The minimum atomic E-state index is -3.57. The molecule has 7 heteroatoms. The van der Waals surface area contributed by atoms with E-state index in [1.54, 1.807) is 12.3 Å². The fourth-order valence-electron chi connectivity index (χ4n) is 2.32. The molecule has 0 saturated carbocycles. The fraction of sp³-hybridized carbons (Fsp3) is 0.643. The van der Waals surface area contributed by atoms with Crippen molar-refractivity contribution < 1.29 is 13.2 Å². The van der Waals surface area contributed by atoms with Gasteiger partial charge in [-0.3, -0.25) is 4.98 Å². The van der Waals surface area contributed by atoms with Gasteiger partial charge < -0.3 is 10.1 Å². The summed E-state index contributed by atoms with van der Waals surface area (Å²) in [6.07, 6.45) is 4.69. The van der Waals surface area contributed by atoms with Gasteiger partial charge in [-0.05, 0) is 31.2 Å². The molecule has 1 saturated heterocycles. The van der Waals surface area contributed by atoms with E-state index >= 15 is 0 Å². The van der Waals surface area contributed by atoms with Gasteiger partial charge in [-0.15, -0.1) is 0 Å². The van der Waals surface area contributed by atoms with Crippen LogP contribution in [0.15, 0.2) is 23.4 Å². The Labute approximate surface area is 126 Å². The van der Waals surface area contributed by atoms with E-state index in [1.165, 1.54) is 6.20 Å². The standard InChI is InChI=1S/C14H23N3O3S/c1-3-16-12-4-7-15-10-13(12)21(18,19)17-11-14(2)5-8-20-9-6-14/h4,7,10,17H,3,5-6,8-9,11H2,1-2H3,(H,15,16). The Morgan fingerprint density at radius 3 is 2.76 bits per heavy atom. The zero-order chi connectivity index (χ0) is 15.3. The van der Waals surface area contributed by atoms with Crippen molar-refractivity contribution in [2.75, 3.05) is 31.6 Å². The van der Waals surface area contributed by atoms with Gasteiger partial charge >= 0.3 is 0 Å². The molecule has 1 aliphatic heterocycles. The maximum absolute atomic E-state index is 12.5. The van der Waals surface area contributed by atoms with Crippen LogP contribution < -0.4 is 10.0 Å². The lowest BCUT2D eigenvalue weighted by atomic mass is 9.83. The summed E-state index contributed by atoms with van der Waals surface area (Å²) in [5.74, 6) is 0. The van der Waals surface area contributed by atoms with Crippen LogP contribution in [0.5, 0.6) is 0 Å². The second-order valence-corrected chi connectivity index (χ2v) is 7.39. The minimum absolute atomic E-state index is 0.0497. The predicted octanol–water partition coefficient (Wildman–Crippen LogP) is 1.61. The number of rotatable bonds is 6. The molecule has 0 radical (unpaired) electrons. The smallest absolute Gasteiger partial charge is 0.244 e. The molecular formula is C14H23N3O3S. The maximum atomic E-state index is 12.5. The highest BCUT2D eigenvalue weighted by molar-refractivity contribution is 7.89. The maximum Gasteiger partial charge on any atom is 0.244 e. The van der Waals surface area contributed by atoms with Gasteiger partial charge in [0.2, 0.25) is 10.0 Å². The summed E-state index contributed by atoms with van der Waals surface area (Å²) in [5.41, 5.74) is 0.531. The Morgan fingerprint density at radius 2 is 2.10 bits per heavy atom. The number of sulfonamides is 1. The Bertz CT molecular complexity index is 569. The minimum Gasteiger partial charge on any atom is -0.384 e. The fourth-order valence-corrected chi connectivity index (χ4v) is 3.64. The van der Waals surface area contributed by atoms with Crippen molar-refractivity contribution in [1.29, 1.82) is 0 Å². The summed E-state index contributed by atoms with van der Waals surface area (Å²) < 4.78 is 33.0. The number of nitrogens with zero attached hydrogens (tertiary/aromatic N) is 1. The Morgan fingerprint density at radius 1 is 1.38 bits per heavy atom. The molecule has 2 rings (SSSR count). The van der Waals surface area contributed by atoms with Crippen LogP contribution in [0.4, 0.5) is 5.69 Å². The van der Waals surface area contributed by atoms with E-state index in [0.29, 0.717) is 32.0 Å². The SMILES string of the molecule is CCNc1ccncc1S(=O)(=O)NCC1(C)CCOCC1. The first-order chi connectivity index (χ1) is 9.97. The van der Waals surface area contributed by atoms with Gasteiger partial charge in [0.15, 0.2) is 0 Å². The highest BCUT2D eigenvalue weighted by Crippen LogP contribution is 2.29. The van der Waals surface area contributed by atoms with E-state index in [-0.39, 0.29) is 10.3 Å². The number of nitrogens with one attached hydrogen (secondary N) is 2. The first-order valence-corrected chi connectivity index (χ1v) is 8.70. The second-order valence-electron chi connectivity index (χ2n) is 5.65. The third kappa shape index (κ3) is 4.15. The molecule has 1 fully saturated rings. The van der Waals surface area contributed by atoms with Crippen LogP contribution in [0.1, 0.15) is 26.7 Å². The predicted molar refractivity (Wildman–Crippen MR) is 81.7 cm³/mol. The van der Waals surface area contributed by atoms with Crippen LogP contribution >= 0.6 is 0 Å². The van der Waals surface area contributed by atoms with Gasteiger partial charge in [0.25, 0.3) is 0 Å². The first-order valence-electron chi connectivity index (χ1n) is 7.22. The molecule has 118 valence electrons. The van der Waals surface area contributed by atoms with Gasteiger partial charge in [0, 0.05) is 38.7 Å². The highest BCUT2D eigenvalue weighted by atomic mass is 32.2. The van der Waals surface area contributed by atoms with Gasteiger partial charge in [-0.1, -0.05) is 6.92 Å². The third-order valence-corrected chi connectivity index (χ3v) is 5.26. The normalized spacial score (nSPS) is 18.4. The van der Waals surface area contributed by atoms with Gasteiger partial charge in [0.1, 0.15) is 4.90 Å². The lowest BCUT2D eigenvalue weighted by Crippen LogP contribution is -2.39. The molecule has 21 heavy (non-hydrogen) atoms. The van der Waals surface area contributed by atoms with Gasteiger partial charge in [0.05, 0.1) is 5.69 Å².